The fourth-order valence-corrected chi connectivity index (χ4v) is 6.03. The van der Waals surface area contributed by atoms with E-state index < -0.39 is 0 Å². The number of aromatic nitrogens is 3. The van der Waals surface area contributed by atoms with Crippen LogP contribution in [0.1, 0.15) is 0 Å². The minimum atomic E-state index is 0. The van der Waals surface area contributed by atoms with Gasteiger partial charge in [0.1, 0.15) is 0 Å². The summed E-state index contributed by atoms with van der Waals surface area (Å²) in [6, 6.07) is 24.3. The molecule has 0 saturated carbocycles. The molecule has 6 aromatic rings. The normalized spacial score (nSPS) is 10.1. The summed E-state index contributed by atoms with van der Waals surface area (Å²) >= 11 is 19.8. The monoisotopic (exact) mass is 556 g/mol. The van der Waals surface area contributed by atoms with E-state index in [1.54, 1.807) is 34.0 Å². The Morgan fingerprint density at radius 1 is 0.452 bits per heavy atom. The van der Waals surface area contributed by atoms with Gasteiger partial charge in [-0.3, -0.25) is 0 Å². The van der Waals surface area contributed by atoms with Crippen LogP contribution >= 0.6 is 70.7 Å². The number of rotatable bonds is 0. The summed E-state index contributed by atoms with van der Waals surface area (Å²) in [5, 5.41) is 0. The molecule has 157 valence electrons. The van der Waals surface area contributed by atoms with E-state index in [4.69, 9.17) is 36.7 Å². The van der Waals surface area contributed by atoms with Gasteiger partial charge in [0.05, 0.1) is 30.6 Å². The Morgan fingerprint density at radius 2 is 0.710 bits per heavy atom. The van der Waals surface area contributed by atoms with Crippen molar-refractivity contribution in [1.82, 2.24) is 15.0 Å². The van der Waals surface area contributed by atoms with Gasteiger partial charge in [-0.15, -0.1) is 34.0 Å². The number of thiazole rings is 3. The minimum absolute atomic E-state index is 0. The van der Waals surface area contributed by atoms with Crippen molar-refractivity contribution >= 4 is 101 Å². The van der Waals surface area contributed by atoms with Gasteiger partial charge in [0.15, 0.2) is 11.9 Å². The Kier molecular flexibility index (Phi) is 8.88. The second-order valence-corrected chi connectivity index (χ2v) is 11.2. The van der Waals surface area contributed by atoms with Crippen molar-refractivity contribution in [2.75, 3.05) is 0 Å². The van der Waals surface area contributed by atoms with Gasteiger partial charge >= 0.3 is 0 Å². The van der Waals surface area contributed by atoms with Gasteiger partial charge in [-0.1, -0.05) is 36.4 Å². The van der Waals surface area contributed by atoms with Crippen LogP contribution in [-0.4, -0.2) is 15.0 Å². The molecule has 0 fully saturated rings. The Labute approximate surface area is 216 Å². The van der Waals surface area contributed by atoms with Crippen LogP contribution in [0.15, 0.2) is 72.8 Å². The summed E-state index contributed by atoms with van der Waals surface area (Å²) in [5.41, 5.74) is 3.41. The maximum atomic E-state index is 4.98. The molecular weight excluding hydrogens is 542 g/mol. The number of fused-ring (bicyclic) bond motifs is 3. The average Bonchev–Trinajstić information content (AvgIpc) is 3.41. The van der Waals surface area contributed by atoms with E-state index in [0.29, 0.717) is 0 Å². The van der Waals surface area contributed by atoms with E-state index in [1.807, 2.05) is 54.6 Å². The van der Waals surface area contributed by atoms with Crippen molar-refractivity contribution < 1.29 is 17.1 Å². The molecule has 31 heavy (non-hydrogen) atoms. The van der Waals surface area contributed by atoms with E-state index in [0.717, 1.165) is 28.4 Å². The molecule has 0 unspecified atom stereocenters. The molecule has 0 atom stereocenters. The molecule has 0 amide bonds. The van der Waals surface area contributed by atoms with Crippen LogP contribution in [0.2, 0.25) is 0 Å². The molecule has 6 rings (SSSR count). The van der Waals surface area contributed by atoms with E-state index in [9.17, 15) is 0 Å². The molecule has 0 spiro atoms. The first-order valence-corrected chi connectivity index (χ1v) is 12.5. The van der Waals surface area contributed by atoms with Crippen LogP contribution in [-0.2, 0) is 17.1 Å². The molecule has 3 nitrogen and oxygen atoms in total. The molecule has 0 aliphatic carbocycles. The third-order valence-corrected chi connectivity index (χ3v) is 7.63. The first kappa shape index (κ1) is 24.2. The van der Waals surface area contributed by atoms with Crippen LogP contribution in [0.4, 0.5) is 0 Å². The van der Waals surface area contributed by atoms with E-state index in [-0.39, 0.29) is 17.1 Å². The summed E-state index contributed by atoms with van der Waals surface area (Å²) in [7, 11) is 0. The minimum Gasteiger partial charge on any atom is -0.337 e. The van der Waals surface area contributed by atoms with Crippen LogP contribution in [0.5, 0.6) is 0 Å². The maximum Gasteiger partial charge on any atom is 0.159 e. The predicted molar refractivity (Wildman–Crippen MR) is 141 cm³/mol. The van der Waals surface area contributed by atoms with E-state index >= 15 is 0 Å². The van der Waals surface area contributed by atoms with Crippen molar-refractivity contribution in [1.29, 1.82) is 0 Å². The number of H-pyrrole nitrogens is 3. The molecule has 3 heterocycles. The van der Waals surface area contributed by atoms with E-state index in [2.05, 4.69) is 33.2 Å². The summed E-state index contributed by atoms with van der Waals surface area (Å²) in [6.45, 7) is 0. The van der Waals surface area contributed by atoms with Crippen molar-refractivity contribution in [3.63, 3.8) is 0 Å². The third-order valence-electron chi connectivity index (χ3n) is 3.98. The SMILES string of the molecule is S=c1[nH]c2ccccc2s1.S=c1[nH]c2ccccc2s1.S=c1[nH]c2ccccc2s1.[Mn]. The van der Waals surface area contributed by atoms with Gasteiger partial charge in [0, 0.05) is 17.1 Å². The van der Waals surface area contributed by atoms with Crippen LogP contribution in [0.25, 0.3) is 30.6 Å². The quantitative estimate of drug-likeness (QED) is 0.129. The molecular formula is C21H15MnN3S6. The average molecular weight is 557 g/mol. The zero-order chi connectivity index (χ0) is 20.9. The summed E-state index contributed by atoms with van der Waals surface area (Å²) in [4.78, 5) is 9.28. The number of aromatic amines is 3. The van der Waals surface area contributed by atoms with Gasteiger partial charge in [-0.2, -0.15) is 0 Å². The first-order chi connectivity index (χ1) is 14.6. The van der Waals surface area contributed by atoms with Gasteiger partial charge in [0.2, 0.25) is 0 Å². The van der Waals surface area contributed by atoms with Gasteiger partial charge in [-0.25, -0.2) is 0 Å². The molecule has 1 radical (unpaired) electrons. The second-order valence-electron chi connectivity index (χ2n) is 6.03. The van der Waals surface area contributed by atoms with Crippen LogP contribution in [0, 0.1) is 11.9 Å². The molecule has 0 saturated heterocycles. The predicted octanol–water partition coefficient (Wildman–Crippen LogP) is 8.87. The smallest absolute Gasteiger partial charge is 0.159 e. The largest absolute Gasteiger partial charge is 0.337 e. The Bertz CT molecular complexity index is 1290. The third kappa shape index (κ3) is 6.50. The topological polar surface area (TPSA) is 47.4 Å². The zero-order valence-corrected chi connectivity index (χ0v) is 21.8. The number of nitrogens with one attached hydrogen (secondary N) is 3. The Balaban J connectivity index is 0.000000130. The van der Waals surface area contributed by atoms with Crippen LogP contribution < -0.4 is 0 Å². The summed E-state index contributed by atoms with van der Waals surface area (Å²) in [6.07, 6.45) is 0. The van der Waals surface area contributed by atoms with Gasteiger partial charge < -0.3 is 15.0 Å². The molecule has 3 aromatic carbocycles. The molecule has 0 aliphatic heterocycles. The molecule has 3 N–H and O–H groups in total. The standard InChI is InChI=1S/3C7H5NS2.Mn/c3*9-7-8-5-3-1-2-4-6(5)10-7;/h3*1-4H,(H,8,9);. The Hall–Kier alpha value is -1.49. The number of hydrogen-bond donors (Lipinski definition) is 3. The van der Waals surface area contributed by atoms with Crippen molar-refractivity contribution in [2.45, 2.75) is 0 Å². The van der Waals surface area contributed by atoms with Gasteiger partial charge in [-0.05, 0) is 73.1 Å². The van der Waals surface area contributed by atoms with E-state index in [1.165, 1.54) is 14.1 Å². The summed E-state index contributed by atoms with van der Waals surface area (Å²) in [5.74, 6) is 0. The summed E-state index contributed by atoms with van der Waals surface area (Å²) < 4.78 is 6.23. The van der Waals surface area contributed by atoms with Gasteiger partial charge in [0.25, 0.3) is 0 Å². The van der Waals surface area contributed by atoms with Crippen molar-refractivity contribution in [2.24, 2.45) is 0 Å². The molecule has 10 heteroatoms. The molecule has 3 aromatic heterocycles. The fraction of sp³-hybridized carbons (Fsp3) is 0. The van der Waals surface area contributed by atoms with Crippen molar-refractivity contribution in [3.05, 3.63) is 84.7 Å². The first-order valence-electron chi connectivity index (χ1n) is 8.82. The number of hydrogen-bond acceptors (Lipinski definition) is 6. The van der Waals surface area contributed by atoms with Crippen LogP contribution in [0.3, 0.4) is 0 Å². The number of benzene rings is 3. The molecule has 0 aliphatic rings. The fourth-order valence-electron chi connectivity index (χ4n) is 2.68. The maximum absolute atomic E-state index is 4.98. The van der Waals surface area contributed by atoms with Crippen molar-refractivity contribution in [3.8, 4) is 0 Å². The second kappa shape index (κ2) is 11.4. The zero-order valence-electron chi connectivity index (χ0n) is 15.8. The number of para-hydroxylation sites is 3. The Morgan fingerprint density at radius 3 is 0.968 bits per heavy atom. The molecule has 0 bridgehead atoms.